The number of aromatic nitrogens is 1. The molecule has 0 aliphatic carbocycles. The molecule has 0 aromatic carbocycles. The van der Waals surface area contributed by atoms with E-state index in [0.29, 0.717) is 29.9 Å². The Kier molecular flexibility index (Phi) is 6.69. The molecule has 0 radical (unpaired) electrons. The van der Waals surface area contributed by atoms with E-state index in [4.69, 9.17) is 4.74 Å². The molecule has 0 aliphatic rings. The van der Waals surface area contributed by atoms with Gasteiger partial charge in [0.2, 0.25) is 0 Å². The van der Waals surface area contributed by atoms with E-state index >= 15 is 0 Å². The molecule has 17 heavy (non-hydrogen) atoms. The van der Waals surface area contributed by atoms with Crippen molar-refractivity contribution < 1.29 is 9.53 Å². The van der Waals surface area contributed by atoms with Crippen LogP contribution in [0.2, 0.25) is 0 Å². The van der Waals surface area contributed by atoms with Crippen LogP contribution in [0.5, 0.6) is 0 Å². The molecule has 1 aromatic heterocycles. The van der Waals surface area contributed by atoms with Crippen molar-refractivity contribution in [2.75, 3.05) is 32.1 Å². The van der Waals surface area contributed by atoms with Crippen molar-refractivity contribution in [3.05, 3.63) is 28.5 Å². The molecule has 0 atom stereocenters. The van der Waals surface area contributed by atoms with Crippen molar-refractivity contribution >= 4 is 37.8 Å². The SMILES string of the molecule is COCCN(CCBr)C(=O)c1ncccc1Br. The predicted octanol–water partition coefficient (Wildman–Crippen LogP) is 2.33. The maximum absolute atomic E-state index is 12.2. The van der Waals surface area contributed by atoms with Gasteiger partial charge >= 0.3 is 0 Å². The number of methoxy groups -OCH3 is 1. The van der Waals surface area contributed by atoms with Crippen LogP contribution < -0.4 is 0 Å². The lowest BCUT2D eigenvalue weighted by Crippen LogP contribution is -2.36. The number of hydrogen-bond acceptors (Lipinski definition) is 3. The second kappa shape index (κ2) is 7.79. The van der Waals surface area contributed by atoms with E-state index in [1.165, 1.54) is 0 Å². The number of nitrogens with zero attached hydrogens (tertiary/aromatic N) is 2. The molecule has 0 bridgehead atoms. The van der Waals surface area contributed by atoms with Gasteiger partial charge in [0.1, 0.15) is 5.69 Å². The first-order valence-corrected chi connectivity index (χ1v) is 7.06. The Hall–Kier alpha value is -0.460. The minimum Gasteiger partial charge on any atom is -0.383 e. The molecule has 1 amide bonds. The average Bonchev–Trinajstić information content (AvgIpc) is 2.34. The zero-order chi connectivity index (χ0) is 12.7. The highest BCUT2D eigenvalue weighted by Gasteiger charge is 2.18. The van der Waals surface area contributed by atoms with Gasteiger partial charge in [-0.1, -0.05) is 15.9 Å². The highest BCUT2D eigenvalue weighted by atomic mass is 79.9. The molecule has 0 N–H and O–H groups in total. The molecule has 0 unspecified atom stereocenters. The van der Waals surface area contributed by atoms with Crippen LogP contribution in [0.1, 0.15) is 10.5 Å². The van der Waals surface area contributed by atoms with Crippen molar-refractivity contribution in [2.45, 2.75) is 0 Å². The minimum absolute atomic E-state index is 0.0889. The van der Waals surface area contributed by atoms with Crippen LogP contribution in [0, 0.1) is 0 Å². The van der Waals surface area contributed by atoms with Crippen LogP contribution in [-0.4, -0.2) is 47.9 Å². The summed E-state index contributed by atoms with van der Waals surface area (Å²) in [7, 11) is 1.62. The van der Waals surface area contributed by atoms with Crippen LogP contribution in [0.4, 0.5) is 0 Å². The van der Waals surface area contributed by atoms with Gasteiger partial charge in [0.05, 0.1) is 6.61 Å². The topological polar surface area (TPSA) is 42.4 Å². The Morgan fingerprint density at radius 3 is 2.88 bits per heavy atom. The van der Waals surface area contributed by atoms with Gasteiger partial charge in [-0.15, -0.1) is 0 Å². The fourth-order valence-electron chi connectivity index (χ4n) is 1.31. The first kappa shape index (κ1) is 14.6. The molecule has 0 fully saturated rings. The summed E-state index contributed by atoms with van der Waals surface area (Å²) < 4.78 is 5.70. The summed E-state index contributed by atoms with van der Waals surface area (Å²) in [5.74, 6) is -0.0889. The monoisotopic (exact) mass is 364 g/mol. The molecule has 94 valence electrons. The zero-order valence-corrected chi connectivity index (χ0v) is 12.7. The third kappa shape index (κ3) is 4.37. The standard InChI is InChI=1S/C11H14Br2N2O2/c1-17-8-7-15(6-4-12)11(16)10-9(13)3-2-5-14-10/h2-3,5H,4,6-8H2,1H3. The number of carbonyl (C=O) groups excluding carboxylic acids is 1. The molecule has 0 spiro atoms. The predicted molar refractivity (Wildman–Crippen MR) is 73.5 cm³/mol. The molecule has 0 saturated carbocycles. The summed E-state index contributed by atoms with van der Waals surface area (Å²) in [6, 6.07) is 3.59. The van der Waals surface area contributed by atoms with Gasteiger partial charge in [0.25, 0.3) is 5.91 Å². The summed E-state index contributed by atoms with van der Waals surface area (Å²) in [6.07, 6.45) is 1.61. The highest BCUT2D eigenvalue weighted by Crippen LogP contribution is 2.15. The second-order valence-electron chi connectivity index (χ2n) is 3.31. The number of carbonyl (C=O) groups is 1. The van der Waals surface area contributed by atoms with Crippen molar-refractivity contribution in [1.82, 2.24) is 9.88 Å². The Morgan fingerprint density at radius 2 is 2.29 bits per heavy atom. The third-order valence-corrected chi connectivity index (χ3v) is 3.16. The molecule has 1 rings (SSSR count). The molecular formula is C11H14Br2N2O2. The number of halogens is 2. The average molecular weight is 366 g/mol. The van der Waals surface area contributed by atoms with E-state index < -0.39 is 0 Å². The normalized spacial score (nSPS) is 10.3. The van der Waals surface area contributed by atoms with Gasteiger partial charge in [-0.3, -0.25) is 4.79 Å². The highest BCUT2D eigenvalue weighted by molar-refractivity contribution is 9.10. The van der Waals surface area contributed by atoms with Crippen molar-refractivity contribution in [1.29, 1.82) is 0 Å². The zero-order valence-electron chi connectivity index (χ0n) is 9.53. The molecule has 1 aromatic rings. The second-order valence-corrected chi connectivity index (χ2v) is 4.96. The number of amides is 1. The summed E-state index contributed by atoms with van der Waals surface area (Å²) in [4.78, 5) is 18.0. The molecule has 0 saturated heterocycles. The number of ether oxygens (including phenoxy) is 1. The fraction of sp³-hybridized carbons (Fsp3) is 0.455. The van der Waals surface area contributed by atoms with Crippen LogP contribution in [0.25, 0.3) is 0 Å². The van der Waals surface area contributed by atoms with Crippen molar-refractivity contribution in [3.8, 4) is 0 Å². The van der Waals surface area contributed by atoms with Crippen LogP contribution in [0.15, 0.2) is 22.8 Å². The van der Waals surface area contributed by atoms with E-state index in [2.05, 4.69) is 36.8 Å². The summed E-state index contributed by atoms with van der Waals surface area (Å²) >= 11 is 6.67. The Balaban J connectivity index is 2.80. The fourth-order valence-corrected chi connectivity index (χ4v) is 2.16. The number of pyridine rings is 1. The van der Waals surface area contributed by atoms with Crippen LogP contribution in [0.3, 0.4) is 0 Å². The van der Waals surface area contributed by atoms with Crippen molar-refractivity contribution in [2.24, 2.45) is 0 Å². The number of alkyl halides is 1. The van der Waals surface area contributed by atoms with Gasteiger partial charge in [-0.05, 0) is 28.1 Å². The minimum atomic E-state index is -0.0889. The summed E-state index contributed by atoms with van der Waals surface area (Å²) in [5.41, 5.74) is 0.435. The van der Waals surface area contributed by atoms with Gasteiger partial charge in [-0.2, -0.15) is 0 Å². The van der Waals surface area contributed by atoms with Gasteiger partial charge < -0.3 is 9.64 Å². The van der Waals surface area contributed by atoms with E-state index in [9.17, 15) is 4.79 Å². The summed E-state index contributed by atoms with van der Waals surface area (Å²) in [5, 5.41) is 0.729. The third-order valence-electron chi connectivity index (χ3n) is 2.17. The molecule has 6 heteroatoms. The lowest BCUT2D eigenvalue weighted by atomic mass is 10.3. The van der Waals surface area contributed by atoms with Gasteiger partial charge in [-0.25, -0.2) is 4.98 Å². The molecular weight excluding hydrogens is 352 g/mol. The Bertz CT molecular complexity index is 374. The lowest BCUT2D eigenvalue weighted by molar-refractivity contribution is 0.0702. The molecule has 0 aliphatic heterocycles. The van der Waals surface area contributed by atoms with Gasteiger partial charge in [0.15, 0.2) is 0 Å². The maximum Gasteiger partial charge on any atom is 0.273 e. The van der Waals surface area contributed by atoms with E-state index in [1.807, 2.05) is 6.07 Å². The van der Waals surface area contributed by atoms with E-state index in [0.717, 1.165) is 5.33 Å². The first-order chi connectivity index (χ1) is 8.20. The van der Waals surface area contributed by atoms with E-state index in [-0.39, 0.29) is 5.91 Å². The molecule has 1 heterocycles. The molecule has 4 nitrogen and oxygen atoms in total. The number of hydrogen-bond donors (Lipinski definition) is 0. The first-order valence-electron chi connectivity index (χ1n) is 5.15. The van der Waals surface area contributed by atoms with Crippen LogP contribution in [-0.2, 0) is 4.74 Å². The van der Waals surface area contributed by atoms with Gasteiger partial charge in [0, 0.05) is 36.2 Å². The maximum atomic E-state index is 12.2. The Morgan fingerprint density at radius 1 is 1.53 bits per heavy atom. The van der Waals surface area contributed by atoms with Crippen LogP contribution >= 0.6 is 31.9 Å². The smallest absolute Gasteiger partial charge is 0.273 e. The number of rotatable bonds is 6. The largest absolute Gasteiger partial charge is 0.383 e. The quantitative estimate of drug-likeness (QED) is 0.726. The summed E-state index contributed by atoms with van der Waals surface area (Å²) in [6.45, 7) is 1.71. The Labute approximate surface area is 118 Å². The van der Waals surface area contributed by atoms with E-state index in [1.54, 1.807) is 24.3 Å². The van der Waals surface area contributed by atoms with Crippen molar-refractivity contribution in [3.63, 3.8) is 0 Å². The lowest BCUT2D eigenvalue weighted by Gasteiger charge is -2.21.